The van der Waals surface area contributed by atoms with Crippen LogP contribution < -0.4 is 10.2 Å². The highest BCUT2D eigenvalue weighted by Gasteiger charge is 2.30. The molecule has 0 aliphatic carbocycles. The van der Waals surface area contributed by atoms with Crippen molar-refractivity contribution in [2.45, 2.75) is 13.0 Å². The van der Waals surface area contributed by atoms with Crippen LogP contribution in [0.25, 0.3) is 0 Å². The van der Waals surface area contributed by atoms with Crippen molar-refractivity contribution in [2.75, 3.05) is 16.8 Å². The summed E-state index contributed by atoms with van der Waals surface area (Å²) in [4.78, 5) is 25.5. The molecule has 0 radical (unpaired) electrons. The molecule has 0 bridgehead atoms. The highest BCUT2D eigenvalue weighted by atomic mass is 16.4. The molecule has 0 atom stereocenters. The summed E-state index contributed by atoms with van der Waals surface area (Å²) in [6, 6.07) is 18.1. The molecule has 0 saturated carbocycles. The van der Waals surface area contributed by atoms with E-state index in [1.807, 2.05) is 42.5 Å². The molecule has 0 fully saturated rings. The quantitative estimate of drug-likeness (QED) is 0.746. The molecular weight excluding hydrogens is 344 g/mol. The molecule has 7 nitrogen and oxygen atoms in total. The number of amides is 2. The van der Waals surface area contributed by atoms with Crippen LogP contribution in [0, 0.1) is 0 Å². The number of nitrogens with one attached hydrogen (secondary N) is 1. The molecule has 4 rings (SSSR count). The lowest BCUT2D eigenvalue weighted by molar-refractivity contribution is 0.0963. The molecular formula is C20H18N4O3. The number of carbonyl (C=O) groups is 2. The van der Waals surface area contributed by atoms with Gasteiger partial charge in [-0.25, -0.2) is 4.79 Å². The first-order chi connectivity index (χ1) is 13.1. The number of carbonyl (C=O) groups excluding carboxylic acids is 1. The number of anilines is 2. The summed E-state index contributed by atoms with van der Waals surface area (Å²) in [6.45, 7) is 0.992. The molecule has 1 aromatic heterocycles. The summed E-state index contributed by atoms with van der Waals surface area (Å²) < 4.78 is 1.54. The monoisotopic (exact) mass is 362 g/mol. The highest BCUT2D eigenvalue weighted by molar-refractivity contribution is 6.10. The molecule has 1 aliphatic heterocycles. The lowest BCUT2D eigenvalue weighted by Crippen LogP contribution is -2.41. The van der Waals surface area contributed by atoms with Gasteiger partial charge in [0.05, 0.1) is 18.4 Å². The fourth-order valence-corrected chi connectivity index (χ4v) is 3.28. The molecule has 2 N–H and O–H groups in total. The van der Waals surface area contributed by atoms with Gasteiger partial charge in [0.25, 0.3) is 5.91 Å². The Kier molecular flexibility index (Phi) is 4.33. The number of rotatable bonds is 4. The third-order valence-corrected chi connectivity index (χ3v) is 4.56. The molecule has 27 heavy (non-hydrogen) atoms. The third kappa shape index (κ3) is 3.39. The first-order valence-corrected chi connectivity index (χ1v) is 8.62. The normalized spacial score (nSPS) is 13.3. The molecule has 1 aliphatic rings. The van der Waals surface area contributed by atoms with Gasteiger partial charge in [-0.05, 0) is 29.7 Å². The van der Waals surface area contributed by atoms with Crippen molar-refractivity contribution in [1.29, 1.82) is 0 Å². The number of fused-ring (bicyclic) bond motifs is 1. The summed E-state index contributed by atoms with van der Waals surface area (Å²) >= 11 is 0. The first kappa shape index (κ1) is 16.8. The zero-order chi connectivity index (χ0) is 18.8. The maximum atomic E-state index is 12.9. The summed E-state index contributed by atoms with van der Waals surface area (Å²) in [5, 5.41) is 15.3. The Hall–Kier alpha value is -3.61. The largest absolute Gasteiger partial charge is 0.465 e. The Morgan fingerprint density at radius 1 is 1.04 bits per heavy atom. The zero-order valence-electron chi connectivity index (χ0n) is 14.5. The van der Waals surface area contributed by atoms with E-state index in [0.717, 1.165) is 17.7 Å². The van der Waals surface area contributed by atoms with Crippen LogP contribution in [-0.4, -0.2) is 33.4 Å². The topological polar surface area (TPSA) is 87.5 Å². The van der Waals surface area contributed by atoms with E-state index in [1.165, 1.54) is 16.4 Å². The minimum absolute atomic E-state index is 0.206. The van der Waals surface area contributed by atoms with Crippen molar-refractivity contribution >= 4 is 23.4 Å². The fraction of sp³-hybridized carbons (Fsp3) is 0.150. The van der Waals surface area contributed by atoms with Crippen LogP contribution in [0.2, 0.25) is 0 Å². The smallest absolute Gasteiger partial charge is 0.409 e. The number of benzene rings is 2. The van der Waals surface area contributed by atoms with Gasteiger partial charge in [0.1, 0.15) is 0 Å². The van der Waals surface area contributed by atoms with Crippen LogP contribution in [-0.2, 0) is 13.0 Å². The number of hydrogen-bond donors (Lipinski definition) is 2. The molecule has 2 aromatic carbocycles. The van der Waals surface area contributed by atoms with Crippen molar-refractivity contribution in [1.82, 2.24) is 9.78 Å². The predicted molar refractivity (Wildman–Crippen MR) is 101 cm³/mol. The summed E-state index contributed by atoms with van der Waals surface area (Å²) in [5.41, 5.74) is 3.64. The van der Waals surface area contributed by atoms with Gasteiger partial charge in [0.15, 0.2) is 5.69 Å². The van der Waals surface area contributed by atoms with Crippen LogP contribution in [0.5, 0.6) is 0 Å². The fourth-order valence-electron chi connectivity index (χ4n) is 3.28. The second kappa shape index (κ2) is 6.95. The average Bonchev–Trinajstić information content (AvgIpc) is 3.07. The molecule has 0 saturated heterocycles. The van der Waals surface area contributed by atoms with Crippen LogP contribution in [0.4, 0.5) is 16.2 Å². The van der Waals surface area contributed by atoms with Crippen LogP contribution in [0.3, 0.4) is 0 Å². The van der Waals surface area contributed by atoms with Gasteiger partial charge in [0, 0.05) is 12.2 Å². The number of hydrogen-bond acceptors (Lipinski definition) is 3. The predicted octanol–water partition coefficient (Wildman–Crippen LogP) is 3.22. The standard InChI is InChI=1S/C20H18N4O3/c25-19-18-17(22-20(26)27)13-21-24(18)11-10-23(19)16-8-6-15(7-9-16)12-14-4-2-1-3-5-14/h1-9,13,22H,10-12H2,(H,26,27). The second-order valence-corrected chi connectivity index (χ2v) is 6.35. The molecule has 2 amide bonds. The van der Waals surface area contributed by atoms with Crippen molar-refractivity contribution in [2.24, 2.45) is 0 Å². The van der Waals surface area contributed by atoms with Crippen molar-refractivity contribution in [3.05, 3.63) is 77.6 Å². The maximum Gasteiger partial charge on any atom is 0.409 e. The van der Waals surface area contributed by atoms with E-state index in [4.69, 9.17) is 5.11 Å². The van der Waals surface area contributed by atoms with Crippen molar-refractivity contribution in [3.8, 4) is 0 Å². The third-order valence-electron chi connectivity index (χ3n) is 4.56. The van der Waals surface area contributed by atoms with Crippen LogP contribution in [0.15, 0.2) is 60.8 Å². The highest BCUT2D eigenvalue weighted by Crippen LogP contribution is 2.26. The first-order valence-electron chi connectivity index (χ1n) is 8.62. The van der Waals surface area contributed by atoms with Gasteiger partial charge in [-0.2, -0.15) is 5.10 Å². The van der Waals surface area contributed by atoms with E-state index >= 15 is 0 Å². The van der Waals surface area contributed by atoms with Gasteiger partial charge >= 0.3 is 6.09 Å². The van der Waals surface area contributed by atoms with E-state index in [1.54, 1.807) is 4.90 Å². The Balaban J connectivity index is 1.55. The average molecular weight is 362 g/mol. The Bertz CT molecular complexity index is 980. The van der Waals surface area contributed by atoms with Gasteiger partial charge < -0.3 is 10.0 Å². The Morgan fingerprint density at radius 3 is 2.44 bits per heavy atom. The molecule has 2 heterocycles. The maximum absolute atomic E-state index is 12.9. The minimum Gasteiger partial charge on any atom is -0.465 e. The lowest BCUT2D eigenvalue weighted by Gasteiger charge is -2.28. The van der Waals surface area contributed by atoms with E-state index in [0.29, 0.717) is 13.1 Å². The molecule has 0 spiro atoms. The number of aromatic nitrogens is 2. The number of nitrogens with zero attached hydrogens (tertiary/aromatic N) is 3. The summed E-state index contributed by atoms with van der Waals surface area (Å²) in [7, 11) is 0. The minimum atomic E-state index is -1.22. The van der Waals surface area contributed by atoms with E-state index in [-0.39, 0.29) is 17.3 Å². The SMILES string of the molecule is O=C(O)Nc1cnn2c1C(=O)N(c1ccc(Cc3ccccc3)cc1)CC2. The Morgan fingerprint density at radius 2 is 1.74 bits per heavy atom. The molecule has 7 heteroatoms. The van der Waals surface area contributed by atoms with Crippen LogP contribution in [0.1, 0.15) is 21.6 Å². The summed E-state index contributed by atoms with van der Waals surface area (Å²) in [6.07, 6.45) is 0.975. The zero-order valence-corrected chi connectivity index (χ0v) is 14.5. The van der Waals surface area contributed by atoms with Gasteiger partial charge in [0.2, 0.25) is 0 Å². The Labute approximate surface area is 155 Å². The number of carboxylic acid groups (broad SMARTS) is 1. The van der Waals surface area contributed by atoms with Gasteiger partial charge in [-0.15, -0.1) is 0 Å². The second-order valence-electron chi connectivity index (χ2n) is 6.35. The van der Waals surface area contributed by atoms with E-state index in [9.17, 15) is 9.59 Å². The van der Waals surface area contributed by atoms with Crippen molar-refractivity contribution < 1.29 is 14.7 Å². The molecule has 0 unspecified atom stereocenters. The molecule has 3 aromatic rings. The van der Waals surface area contributed by atoms with Crippen molar-refractivity contribution in [3.63, 3.8) is 0 Å². The van der Waals surface area contributed by atoms with Crippen LogP contribution >= 0.6 is 0 Å². The van der Waals surface area contributed by atoms with Gasteiger partial charge in [-0.1, -0.05) is 42.5 Å². The van der Waals surface area contributed by atoms with E-state index < -0.39 is 6.09 Å². The summed E-state index contributed by atoms with van der Waals surface area (Å²) in [5.74, 6) is -0.265. The van der Waals surface area contributed by atoms with Gasteiger partial charge in [-0.3, -0.25) is 14.8 Å². The molecule has 136 valence electrons. The van der Waals surface area contributed by atoms with E-state index in [2.05, 4.69) is 22.5 Å². The lowest BCUT2D eigenvalue weighted by atomic mass is 10.0.